The molecule has 3 aromatic carbocycles. The van der Waals surface area contributed by atoms with Crippen molar-refractivity contribution < 1.29 is 14.3 Å². The molecule has 1 aliphatic rings. The van der Waals surface area contributed by atoms with Crippen molar-refractivity contribution in [3.05, 3.63) is 90.0 Å². The van der Waals surface area contributed by atoms with Crippen molar-refractivity contribution in [2.75, 3.05) is 31.6 Å². The molecule has 2 heterocycles. The van der Waals surface area contributed by atoms with Crippen LogP contribution in [0.1, 0.15) is 27.6 Å². The highest BCUT2D eigenvalue weighted by Gasteiger charge is 2.29. The van der Waals surface area contributed by atoms with Crippen LogP contribution in [0.25, 0.3) is 22.0 Å². The molecule has 1 atom stereocenters. The van der Waals surface area contributed by atoms with Gasteiger partial charge in [-0.1, -0.05) is 54.6 Å². The van der Waals surface area contributed by atoms with E-state index in [0.717, 1.165) is 27.8 Å². The molecule has 0 unspecified atom stereocenters. The number of hydrogen-bond donors (Lipinski definition) is 0. The number of anilines is 1. The summed E-state index contributed by atoms with van der Waals surface area (Å²) in [6.45, 7) is 4.01. The summed E-state index contributed by atoms with van der Waals surface area (Å²) in [7, 11) is 1.37. The van der Waals surface area contributed by atoms with Gasteiger partial charge in [-0.25, -0.2) is 4.79 Å². The van der Waals surface area contributed by atoms with Gasteiger partial charge in [0.25, 0.3) is 5.91 Å². The maximum atomic E-state index is 12.9. The number of benzene rings is 3. The van der Waals surface area contributed by atoms with Gasteiger partial charge in [0, 0.05) is 47.6 Å². The van der Waals surface area contributed by atoms with Crippen LogP contribution in [0.5, 0.6) is 0 Å². The van der Waals surface area contributed by atoms with Crippen LogP contribution < -0.4 is 4.90 Å². The second-order valence-electron chi connectivity index (χ2n) is 8.65. The van der Waals surface area contributed by atoms with E-state index in [4.69, 9.17) is 4.74 Å². The molecule has 1 aromatic heterocycles. The summed E-state index contributed by atoms with van der Waals surface area (Å²) in [6.07, 6.45) is 0. The van der Waals surface area contributed by atoms with Gasteiger partial charge in [-0.3, -0.25) is 4.79 Å². The first-order valence-corrected chi connectivity index (χ1v) is 11.6. The van der Waals surface area contributed by atoms with Crippen LogP contribution in [0.15, 0.2) is 78.9 Å². The maximum Gasteiger partial charge on any atom is 0.337 e. The number of rotatable bonds is 4. The molecule has 1 saturated heterocycles. The zero-order valence-electron chi connectivity index (χ0n) is 19.7. The Balaban J connectivity index is 1.43. The molecule has 35 heavy (non-hydrogen) atoms. The van der Waals surface area contributed by atoms with Crippen LogP contribution in [-0.4, -0.2) is 59.8 Å². The molecule has 0 bridgehead atoms. The standard InChI is InChI=1S/C28H26N4O3/c1-19-18-31(27(33)21-8-4-3-5-9-21)16-17-32(19)26-24-11-7-6-10-23(24)25(29-30-26)20-12-14-22(15-13-20)28(34)35-2/h3-15,19H,16-18H2,1-2H3/t19-/m1/s1. The molecule has 7 nitrogen and oxygen atoms in total. The van der Waals surface area contributed by atoms with E-state index in [1.54, 1.807) is 12.1 Å². The summed E-state index contributed by atoms with van der Waals surface area (Å²) in [5.74, 6) is 0.496. The van der Waals surface area contributed by atoms with Crippen LogP contribution in [0.3, 0.4) is 0 Å². The highest BCUT2D eigenvalue weighted by atomic mass is 16.5. The third-order valence-electron chi connectivity index (χ3n) is 6.45. The molecule has 176 valence electrons. The monoisotopic (exact) mass is 466 g/mol. The molecule has 0 N–H and O–H groups in total. The van der Waals surface area contributed by atoms with Crippen molar-refractivity contribution in [2.45, 2.75) is 13.0 Å². The molecule has 0 aliphatic carbocycles. The highest BCUT2D eigenvalue weighted by molar-refractivity contribution is 6.01. The molecule has 0 spiro atoms. The fraction of sp³-hybridized carbons (Fsp3) is 0.214. The number of carbonyl (C=O) groups is 2. The Morgan fingerprint density at radius 2 is 1.51 bits per heavy atom. The highest BCUT2D eigenvalue weighted by Crippen LogP contribution is 2.33. The Morgan fingerprint density at radius 1 is 0.829 bits per heavy atom. The van der Waals surface area contributed by atoms with Gasteiger partial charge in [-0.05, 0) is 31.2 Å². The Hall–Kier alpha value is -4.26. The lowest BCUT2D eigenvalue weighted by Crippen LogP contribution is -2.54. The van der Waals surface area contributed by atoms with E-state index in [2.05, 4.69) is 28.1 Å². The number of esters is 1. The molecule has 1 amide bonds. The summed E-state index contributed by atoms with van der Waals surface area (Å²) >= 11 is 0. The van der Waals surface area contributed by atoms with Crippen molar-refractivity contribution in [3.8, 4) is 11.3 Å². The van der Waals surface area contributed by atoms with Gasteiger partial charge in [0.2, 0.25) is 0 Å². The van der Waals surface area contributed by atoms with Crippen molar-refractivity contribution in [1.29, 1.82) is 0 Å². The Morgan fingerprint density at radius 3 is 2.20 bits per heavy atom. The number of hydrogen-bond acceptors (Lipinski definition) is 6. The van der Waals surface area contributed by atoms with Crippen LogP contribution >= 0.6 is 0 Å². The molecular formula is C28H26N4O3. The van der Waals surface area contributed by atoms with E-state index in [-0.39, 0.29) is 17.9 Å². The van der Waals surface area contributed by atoms with E-state index in [9.17, 15) is 9.59 Å². The molecule has 0 saturated carbocycles. The molecular weight excluding hydrogens is 440 g/mol. The van der Waals surface area contributed by atoms with Crippen LogP contribution in [0.2, 0.25) is 0 Å². The molecule has 4 aromatic rings. The van der Waals surface area contributed by atoms with Gasteiger partial charge >= 0.3 is 5.97 Å². The summed E-state index contributed by atoms with van der Waals surface area (Å²) < 4.78 is 4.80. The van der Waals surface area contributed by atoms with Crippen molar-refractivity contribution in [1.82, 2.24) is 15.1 Å². The largest absolute Gasteiger partial charge is 0.465 e. The fourth-order valence-corrected chi connectivity index (χ4v) is 4.62. The van der Waals surface area contributed by atoms with Crippen LogP contribution in [0.4, 0.5) is 5.82 Å². The van der Waals surface area contributed by atoms with Crippen LogP contribution in [-0.2, 0) is 4.74 Å². The zero-order valence-corrected chi connectivity index (χ0v) is 19.7. The third-order valence-corrected chi connectivity index (χ3v) is 6.45. The summed E-state index contributed by atoms with van der Waals surface area (Å²) in [6, 6.07) is 24.7. The van der Waals surface area contributed by atoms with Crippen molar-refractivity contribution in [3.63, 3.8) is 0 Å². The topological polar surface area (TPSA) is 75.6 Å². The number of ether oxygens (including phenoxy) is 1. The number of amides is 1. The lowest BCUT2D eigenvalue weighted by Gasteiger charge is -2.40. The number of nitrogens with zero attached hydrogens (tertiary/aromatic N) is 4. The minimum absolute atomic E-state index is 0.0544. The minimum atomic E-state index is -0.373. The number of piperazine rings is 1. The summed E-state index contributed by atoms with van der Waals surface area (Å²) in [5, 5.41) is 11.2. The fourth-order valence-electron chi connectivity index (χ4n) is 4.62. The van der Waals surface area contributed by atoms with Gasteiger partial charge in [0.05, 0.1) is 12.7 Å². The van der Waals surface area contributed by atoms with E-state index < -0.39 is 0 Å². The molecule has 5 rings (SSSR count). The number of methoxy groups -OCH3 is 1. The van der Waals surface area contributed by atoms with Crippen molar-refractivity contribution in [2.24, 2.45) is 0 Å². The SMILES string of the molecule is COC(=O)c1ccc(-c2nnc(N3CCN(C(=O)c4ccccc4)C[C@H]3C)c3ccccc23)cc1. The lowest BCUT2D eigenvalue weighted by atomic mass is 10.0. The molecule has 1 aliphatic heterocycles. The van der Waals surface area contributed by atoms with E-state index in [1.165, 1.54) is 7.11 Å². The minimum Gasteiger partial charge on any atom is -0.465 e. The predicted octanol–water partition coefficient (Wildman–Crippen LogP) is 4.43. The van der Waals surface area contributed by atoms with Gasteiger partial charge in [0.1, 0.15) is 5.69 Å². The lowest BCUT2D eigenvalue weighted by molar-refractivity contribution is 0.0600. The normalized spacial score (nSPS) is 15.8. The van der Waals surface area contributed by atoms with Gasteiger partial charge in [-0.15, -0.1) is 10.2 Å². The quantitative estimate of drug-likeness (QED) is 0.414. The number of carbonyl (C=O) groups excluding carboxylic acids is 2. The second-order valence-corrected chi connectivity index (χ2v) is 8.65. The predicted molar refractivity (Wildman–Crippen MR) is 135 cm³/mol. The second kappa shape index (κ2) is 9.54. The van der Waals surface area contributed by atoms with Gasteiger partial charge in [0.15, 0.2) is 5.82 Å². The maximum absolute atomic E-state index is 12.9. The molecule has 0 radical (unpaired) electrons. The molecule has 7 heteroatoms. The first-order chi connectivity index (χ1) is 17.1. The average molecular weight is 467 g/mol. The van der Waals surface area contributed by atoms with Gasteiger partial charge < -0.3 is 14.5 Å². The third kappa shape index (κ3) is 4.33. The Labute approximate surface area is 204 Å². The van der Waals surface area contributed by atoms with Gasteiger partial charge in [-0.2, -0.15) is 0 Å². The van der Waals surface area contributed by atoms with E-state index in [1.807, 2.05) is 65.6 Å². The average Bonchev–Trinajstić information content (AvgIpc) is 2.92. The first-order valence-electron chi connectivity index (χ1n) is 11.6. The zero-order chi connectivity index (χ0) is 24.4. The van der Waals surface area contributed by atoms with Crippen LogP contribution in [0, 0.1) is 0 Å². The summed E-state index contributed by atoms with van der Waals surface area (Å²) in [5.41, 5.74) is 2.83. The smallest absolute Gasteiger partial charge is 0.337 e. The van der Waals surface area contributed by atoms with Crippen molar-refractivity contribution >= 4 is 28.5 Å². The molecule has 1 fully saturated rings. The van der Waals surface area contributed by atoms with E-state index >= 15 is 0 Å². The first kappa shape index (κ1) is 22.5. The summed E-state index contributed by atoms with van der Waals surface area (Å²) in [4.78, 5) is 28.9. The van der Waals surface area contributed by atoms with E-state index in [0.29, 0.717) is 30.8 Å². The Kier molecular flexibility index (Phi) is 6.14. The number of aromatic nitrogens is 2. The Bertz CT molecular complexity index is 1370. The number of fused-ring (bicyclic) bond motifs is 1.